The van der Waals surface area contributed by atoms with E-state index >= 15 is 0 Å². The molecule has 0 N–H and O–H groups in total. The summed E-state index contributed by atoms with van der Waals surface area (Å²) in [6.07, 6.45) is 0. The van der Waals surface area contributed by atoms with E-state index in [0.717, 1.165) is 196 Å². The molecule has 0 aliphatic heterocycles. The molecule has 688 valence electrons. The van der Waals surface area contributed by atoms with Crippen molar-refractivity contribution >= 4 is 43.6 Å². The number of nitrogens with zero attached hydrogens (tertiary/aromatic N) is 12. The number of pyridine rings is 2. The molecule has 7 heterocycles. The van der Waals surface area contributed by atoms with Crippen molar-refractivity contribution in [2.24, 2.45) is 0 Å². The molecule has 0 saturated carbocycles. The maximum absolute atomic E-state index is 4.89. The second-order valence-corrected chi connectivity index (χ2v) is 34.6. The van der Waals surface area contributed by atoms with Gasteiger partial charge in [0.1, 0.15) is 11.6 Å². The minimum Gasteiger partial charge on any atom is -0.253 e. The molecule has 143 heavy (non-hydrogen) atoms. The second kappa shape index (κ2) is 46.6. The minimum atomic E-state index is 0.765. The van der Waals surface area contributed by atoms with Gasteiger partial charge in [-0.05, 0) is 137 Å². The first-order chi connectivity index (χ1) is 70.3. The van der Waals surface area contributed by atoms with Crippen molar-refractivity contribution in [1.82, 2.24) is 59.8 Å². The van der Waals surface area contributed by atoms with Crippen LogP contribution in [0.2, 0.25) is 0 Å². The van der Waals surface area contributed by atoms with Gasteiger partial charge in [-0.25, -0.2) is 54.8 Å². The number of para-hydroxylation sites is 1. The molecule has 0 aliphatic rings. The van der Waals surface area contributed by atoms with Gasteiger partial charge in [-0.1, -0.05) is 448 Å². The average Bonchev–Trinajstić information content (AvgIpc) is 0.775. The third-order valence-corrected chi connectivity index (χ3v) is 23.9. The van der Waals surface area contributed by atoms with Crippen LogP contribution in [0.15, 0.2) is 504 Å². The molecule has 0 unspecified atom stereocenters. The summed E-state index contributed by atoms with van der Waals surface area (Å²) in [6.45, 7) is 14.3. The normalized spacial score (nSPS) is 10.6. The third-order valence-electron chi connectivity index (χ3n) is 23.9. The zero-order valence-electron chi connectivity index (χ0n) is 80.8. The SMILES string of the molecule is Cc1cc(-c2ccccc2)cc(-c2ccccc2)n1.Cc1cc(-c2ccccc2)nc(-c2ccccc2)c1.Cc1ccc2c(-c3ccccc3)nc(-c3ccccc3)nc2c1.Cc1ccc2nc(-c3ccccc3)nc(-c3ccccc3)c2c1.Cc1cccc2nc(-c3ccccc3)nc(-c3ccccc3)c12.Cc1nc(-c2ccccc2)c2ccccc2n1.Cc1nc(-c2ccccc2)cc(-c2ccccc2)n1. The fourth-order valence-electron chi connectivity index (χ4n) is 16.9. The van der Waals surface area contributed by atoms with Gasteiger partial charge in [0.2, 0.25) is 0 Å². The monoisotopic (exact) mass is 1840 g/mol. The lowest BCUT2D eigenvalue weighted by Gasteiger charge is -2.11. The van der Waals surface area contributed by atoms with Crippen LogP contribution >= 0.6 is 0 Å². The number of hydrogen-bond donors (Lipinski definition) is 0. The van der Waals surface area contributed by atoms with Crippen molar-refractivity contribution in [3.05, 3.63) is 543 Å². The van der Waals surface area contributed by atoms with Gasteiger partial charge < -0.3 is 0 Å². The molecule has 24 rings (SSSR count). The molecule has 24 aromatic rings. The Morgan fingerprint density at radius 2 is 0.441 bits per heavy atom. The van der Waals surface area contributed by atoms with Crippen molar-refractivity contribution in [1.29, 1.82) is 0 Å². The first-order valence-corrected chi connectivity index (χ1v) is 47.9. The Bertz CT molecular complexity index is 7810. The van der Waals surface area contributed by atoms with Crippen LogP contribution < -0.4 is 0 Å². The number of fused-ring (bicyclic) bond motifs is 4. The Morgan fingerprint density at radius 1 is 0.140 bits per heavy atom. The van der Waals surface area contributed by atoms with Gasteiger partial charge in [0, 0.05) is 94.0 Å². The summed E-state index contributed by atoms with van der Waals surface area (Å²) >= 11 is 0. The Kier molecular flexibility index (Phi) is 30.9. The quantitative estimate of drug-likeness (QED) is 0.108. The van der Waals surface area contributed by atoms with E-state index in [0.29, 0.717) is 0 Å². The van der Waals surface area contributed by atoms with Crippen molar-refractivity contribution < 1.29 is 0 Å². The molecular formula is C131H104N12. The summed E-state index contributed by atoms with van der Waals surface area (Å²) in [5, 5.41) is 4.40. The Balaban J connectivity index is 0.000000110. The first-order valence-electron chi connectivity index (χ1n) is 47.9. The highest BCUT2D eigenvalue weighted by molar-refractivity contribution is 5.98. The van der Waals surface area contributed by atoms with Gasteiger partial charge in [0.25, 0.3) is 0 Å². The number of aryl methyl sites for hydroxylation is 7. The molecule has 0 spiro atoms. The van der Waals surface area contributed by atoms with E-state index in [1.54, 1.807) is 0 Å². The number of aromatic nitrogens is 12. The third kappa shape index (κ3) is 24.5. The van der Waals surface area contributed by atoms with Crippen molar-refractivity contribution in [2.45, 2.75) is 48.5 Å². The van der Waals surface area contributed by atoms with E-state index in [-0.39, 0.29) is 0 Å². The smallest absolute Gasteiger partial charge is 0.160 e. The van der Waals surface area contributed by atoms with Crippen LogP contribution in [0, 0.1) is 48.5 Å². The van der Waals surface area contributed by atoms with Gasteiger partial charge in [0.05, 0.1) is 73.3 Å². The van der Waals surface area contributed by atoms with Gasteiger partial charge in [-0.15, -0.1) is 0 Å². The Morgan fingerprint density at radius 3 is 0.874 bits per heavy atom. The minimum absolute atomic E-state index is 0.765. The van der Waals surface area contributed by atoms with Crippen LogP contribution in [0.4, 0.5) is 0 Å². The van der Waals surface area contributed by atoms with Gasteiger partial charge in [0.15, 0.2) is 17.5 Å². The van der Waals surface area contributed by atoms with Crippen LogP contribution in [-0.4, -0.2) is 59.8 Å². The molecule has 17 aromatic carbocycles. The zero-order valence-corrected chi connectivity index (χ0v) is 80.8. The molecule has 0 radical (unpaired) electrons. The maximum Gasteiger partial charge on any atom is 0.160 e. The fraction of sp³-hybridized carbons (Fsp3) is 0.0534. The van der Waals surface area contributed by atoms with Gasteiger partial charge >= 0.3 is 0 Å². The van der Waals surface area contributed by atoms with Crippen molar-refractivity contribution in [3.63, 3.8) is 0 Å². The van der Waals surface area contributed by atoms with E-state index in [1.165, 1.54) is 33.4 Å². The molecule has 12 heteroatoms. The molecular weight excluding hydrogens is 1740 g/mol. The predicted octanol–water partition coefficient (Wildman–Crippen LogP) is 33.0. The summed E-state index contributed by atoms with van der Waals surface area (Å²) < 4.78 is 0. The average molecular weight is 1850 g/mol. The first kappa shape index (κ1) is 94.8. The lowest BCUT2D eigenvalue weighted by molar-refractivity contribution is 1.06. The van der Waals surface area contributed by atoms with E-state index in [4.69, 9.17) is 34.9 Å². The fourth-order valence-corrected chi connectivity index (χ4v) is 16.9. The molecule has 12 nitrogen and oxygen atoms in total. The predicted molar refractivity (Wildman–Crippen MR) is 592 cm³/mol. The maximum atomic E-state index is 4.89. The highest BCUT2D eigenvalue weighted by Crippen LogP contribution is 2.37. The second-order valence-electron chi connectivity index (χ2n) is 34.6. The van der Waals surface area contributed by atoms with Gasteiger partial charge in [-0.3, -0.25) is 4.98 Å². The number of rotatable bonds is 13. The topological polar surface area (TPSA) is 155 Å². The summed E-state index contributed by atoms with van der Waals surface area (Å²) in [6, 6.07) is 171. The summed E-state index contributed by atoms with van der Waals surface area (Å²) in [5.74, 6) is 3.90. The van der Waals surface area contributed by atoms with E-state index < -0.39 is 0 Å². The zero-order chi connectivity index (χ0) is 97.8. The van der Waals surface area contributed by atoms with E-state index in [9.17, 15) is 0 Å². The molecule has 0 atom stereocenters. The standard InChI is InChI=1S/3C21H16N2.2C18H15N.C17H14N2.C15H12N2/c1-15-9-8-14-18-19(15)20(16-10-4-2-5-11-16)23-21(22-18)17-12-6-3-7-13-17;1-15-12-13-19-18(14-15)20(16-8-4-2-5-9-16)23-21(22-19)17-10-6-3-7-11-17;1-15-12-13-18-19(14-15)22-21(17-10-6-3-7-11-17)23-20(18)16-8-4-2-5-9-16;1-14-12-17(15-8-4-2-5-9-15)13-18(19-14)16-10-6-3-7-11-16;1-14-12-17(15-8-4-2-5-9-15)19-18(13-14)16-10-6-3-7-11-16;1-13-18-16(14-8-4-2-5-9-14)12-17(19-13)15-10-6-3-7-11-15;1-11-16-14-10-6-5-9-13(14)15(17-11)12-7-3-2-4-8-12/h3*2-14H,1H3;2*2-13H,1H3;2-12H,1H3;2-10H,1H3. The molecule has 0 fully saturated rings. The van der Waals surface area contributed by atoms with Crippen LogP contribution in [-0.2, 0) is 0 Å². The van der Waals surface area contributed by atoms with Crippen molar-refractivity contribution in [3.8, 4) is 147 Å². The van der Waals surface area contributed by atoms with Crippen LogP contribution in [0.25, 0.3) is 190 Å². The van der Waals surface area contributed by atoms with Crippen LogP contribution in [0.1, 0.15) is 39.6 Å². The summed E-state index contributed by atoms with van der Waals surface area (Å²) in [4.78, 5) is 56.4. The van der Waals surface area contributed by atoms with Crippen LogP contribution in [0.5, 0.6) is 0 Å². The van der Waals surface area contributed by atoms with Crippen molar-refractivity contribution in [2.75, 3.05) is 0 Å². The summed E-state index contributed by atoms with van der Waals surface area (Å²) in [5.41, 5.74) is 34.5. The largest absolute Gasteiger partial charge is 0.253 e. The van der Waals surface area contributed by atoms with E-state index in [1.807, 2.05) is 312 Å². The van der Waals surface area contributed by atoms with Gasteiger partial charge in [-0.2, -0.15) is 0 Å². The number of hydrogen-bond acceptors (Lipinski definition) is 12. The van der Waals surface area contributed by atoms with Crippen LogP contribution in [0.3, 0.4) is 0 Å². The lowest BCUT2D eigenvalue weighted by Crippen LogP contribution is -1.96. The highest BCUT2D eigenvalue weighted by Gasteiger charge is 2.18. The molecule has 7 aromatic heterocycles. The molecule has 0 aliphatic carbocycles. The molecule has 0 amide bonds. The highest BCUT2D eigenvalue weighted by atomic mass is 14.9. The van der Waals surface area contributed by atoms with E-state index in [2.05, 4.69) is 265 Å². The lowest BCUT2D eigenvalue weighted by atomic mass is 10.0. The molecule has 0 saturated heterocycles. The Hall–Kier alpha value is -18.5. The molecule has 0 bridgehead atoms. The summed E-state index contributed by atoms with van der Waals surface area (Å²) in [7, 11) is 0. The number of benzene rings is 17. The Labute approximate surface area is 835 Å².